The highest BCUT2D eigenvalue weighted by Gasteiger charge is 2.20. The second kappa shape index (κ2) is 12.8. The molecule has 0 atom stereocenters. The summed E-state index contributed by atoms with van der Waals surface area (Å²) in [6.45, 7) is 0. The lowest BCUT2D eigenvalue weighted by atomic mass is 9.83. The van der Waals surface area contributed by atoms with Gasteiger partial charge in [0.05, 0.1) is 0 Å². The Labute approximate surface area is 320 Å². The third kappa shape index (κ3) is 5.22. The number of fused-ring (bicyclic) bond motifs is 8. The van der Waals surface area contributed by atoms with Crippen LogP contribution in [0.5, 0.6) is 0 Å². The van der Waals surface area contributed by atoms with Gasteiger partial charge in [0, 0.05) is 0 Å². The van der Waals surface area contributed by atoms with Crippen LogP contribution in [0.1, 0.15) is 11.1 Å². The highest BCUT2D eigenvalue weighted by molar-refractivity contribution is 6.26. The van der Waals surface area contributed by atoms with Crippen LogP contribution < -0.4 is 0 Å². The molecule has 0 bridgehead atoms. The first-order chi connectivity index (χ1) is 27.3. The predicted molar refractivity (Wildman–Crippen MR) is 237 cm³/mol. The van der Waals surface area contributed by atoms with Crippen molar-refractivity contribution < 1.29 is 0 Å². The molecule has 0 saturated carbocycles. The highest BCUT2D eigenvalue weighted by atomic mass is 14.2. The Bertz CT molecular complexity index is 3260. The summed E-state index contributed by atoms with van der Waals surface area (Å²) in [5.74, 6) is 0. The van der Waals surface area contributed by atoms with Gasteiger partial charge in [-0.05, 0) is 128 Å². The molecule has 0 radical (unpaired) electrons. The molecule has 0 N–H and O–H groups in total. The largest absolute Gasteiger partial charge is 0.0622 e. The first-order valence-electron chi connectivity index (χ1n) is 19.2. The third-order valence-electron chi connectivity index (χ3n) is 11.6. The number of hydrogen-bond donors (Lipinski definition) is 0. The van der Waals surface area contributed by atoms with Crippen LogP contribution in [0.15, 0.2) is 206 Å². The lowest BCUT2D eigenvalue weighted by Gasteiger charge is -2.20. The van der Waals surface area contributed by atoms with Gasteiger partial charge in [-0.2, -0.15) is 0 Å². The molecule has 0 aliphatic heterocycles. The van der Waals surface area contributed by atoms with Crippen LogP contribution in [-0.4, -0.2) is 0 Å². The van der Waals surface area contributed by atoms with Crippen molar-refractivity contribution in [1.82, 2.24) is 0 Å². The van der Waals surface area contributed by atoms with E-state index in [1.807, 2.05) is 0 Å². The fourth-order valence-corrected chi connectivity index (χ4v) is 9.14. The SMILES string of the molecule is c1ccc(Cc2ccc3c(-c4cc5ccccc5c5ccccc45)c4ccccc4c(-c4ccc(-c5cc6ccccc6c6ccccc56)cc4)c3c2)cc1. The van der Waals surface area contributed by atoms with Gasteiger partial charge in [0.25, 0.3) is 0 Å². The van der Waals surface area contributed by atoms with Crippen LogP contribution in [-0.2, 0) is 6.42 Å². The summed E-state index contributed by atoms with van der Waals surface area (Å²) < 4.78 is 0. The van der Waals surface area contributed by atoms with E-state index in [9.17, 15) is 0 Å². The molecule has 11 aromatic carbocycles. The van der Waals surface area contributed by atoms with Gasteiger partial charge in [-0.15, -0.1) is 0 Å². The molecule has 0 nitrogen and oxygen atoms in total. The summed E-state index contributed by atoms with van der Waals surface area (Å²) in [5, 5.41) is 15.3. The number of benzene rings is 11. The van der Waals surface area contributed by atoms with Crippen LogP contribution in [0, 0.1) is 0 Å². The molecule has 0 spiro atoms. The van der Waals surface area contributed by atoms with E-state index in [2.05, 4.69) is 206 Å². The van der Waals surface area contributed by atoms with Crippen molar-refractivity contribution in [3.8, 4) is 33.4 Å². The molecule has 0 saturated heterocycles. The summed E-state index contributed by atoms with van der Waals surface area (Å²) in [5.41, 5.74) is 10.2. The van der Waals surface area contributed by atoms with E-state index in [0.717, 1.165) is 6.42 Å². The lowest BCUT2D eigenvalue weighted by Crippen LogP contribution is -1.94. The van der Waals surface area contributed by atoms with E-state index in [1.165, 1.54) is 109 Å². The predicted octanol–water partition coefficient (Wildman–Crippen LogP) is 15.2. The van der Waals surface area contributed by atoms with Crippen LogP contribution in [0.4, 0.5) is 0 Å². The molecule has 0 aliphatic rings. The first-order valence-corrected chi connectivity index (χ1v) is 19.2. The van der Waals surface area contributed by atoms with Crippen molar-refractivity contribution in [2.24, 2.45) is 0 Å². The zero-order chi connectivity index (χ0) is 36.3. The molecule has 55 heavy (non-hydrogen) atoms. The second-order valence-corrected chi connectivity index (χ2v) is 14.8. The van der Waals surface area contributed by atoms with Crippen molar-refractivity contribution in [1.29, 1.82) is 0 Å². The average Bonchev–Trinajstić information content (AvgIpc) is 3.25. The zero-order valence-electron chi connectivity index (χ0n) is 30.3. The Morgan fingerprint density at radius 1 is 0.236 bits per heavy atom. The maximum absolute atomic E-state index is 2.46. The van der Waals surface area contributed by atoms with Crippen molar-refractivity contribution in [3.05, 3.63) is 217 Å². The number of rotatable bonds is 5. The minimum atomic E-state index is 0.880. The third-order valence-corrected chi connectivity index (χ3v) is 11.6. The van der Waals surface area contributed by atoms with E-state index in [4.69, 9.17) is 0 Å². The van der Waals surface area contributed by atoms with E-state index in [0.29, 0.717) is 0 Å². The Morgan fingerprint density at radius 3 is 1.33 bits per heavy atom. The Kier molecular flexibility index (Phi) is 7.35. The van der Waals surface area contributed by atoms with Gasteiger partial charge in [-0.25, -0.2) is 0 Å². The minimum absolute atomic E-state index is 0.880. The first kappa shape index (κ1) is 31.5. The monoisotopic (exact) mass is 696 g/mol. The molecule has 0 unspecified atom stereocenters. The summed E-state index contributed by atoms with van der Waals surface area (Å²) >= 11 is 0. The van der Waals surface area contributed by atoms with Gasteiger partial charge in [-0.3, -0.25) is 0 Å². The molecule has 0 aromatic heterocycles. The normalized spacial score (nSPS) is 11.7. The van der Waals surface area contributed by atoms with E-state index < -0.39 is 0 Å². The summed E-state index contributed by atoms with van der Waals surface area (Å²) in [6, 6.07) is 76.4. The average molecular weight is 697 g/mol. The topological polar surface area (TPSA) is 0 Å². The number of hydrogen-bond acceptors (Lipinski definition) is 0. The molecule has 256 valence electrons. The second-order valence-electron chi connectivity index (χ2n) is 14.8. The van der Waals surface area contributed by atoms with Crippen LogP contribution in [0.25, 0.3) is 98.0 Å². The maximum atomic E-state index is 2.46. The fraction of sp³-hybridized carbons (Fsp3) is 0.0182. The molecule has 11 rings (SSSR count). The molecular weight excluding hydrogens is 661 g/mol. The van der Waals surface area contributed by atoms with Crippen LogP contribution in [0.3, 0.4) is 0 Å². The van der Waals surface area contributed by atoms with Gasteiger partial charge in [-0.1, -0.05) is 194 Å². The molecule has 0 heteroatoms. The molecule has 0 heterocycles. The lowest BCUT2D eigenvalue weighted by molar-refractivity contribution is 1.20. The van der Waals surface area contributed by atoms with Gasteiger partial charge in [0.2, 0.25) is 0 Å². The van der Waals surface area contributed by atoms with Crippen LogP contribution in [0.2, 0.25) is 0 Å². The quantitative estimate of drug-likeness (QED) is 0.124. The molecule has 0 aliphatic carbocycles. The Hall–Kier alpha value is -7.02. The van der Waals surface area contributed by atoms with E-state index >= 15 is 0 Å². The summed E-state index contributed by atoms with van der Waals surface area (Å²) in [4.78, 5) is 0. The molecule has 11 aromatic rings. The van der Waals surface area contributed by atoms with Crippen molar-refractivity contribution >= 4 is 64.6 Å². The van der Waals surface area contributed by atoms with Gasteiger partial charge >= 0.3 is 0 Å². The van der Waals surface area contributed by atoms with Gasteiger partial charge in [0.1, 0.15) is 0 Å². The highest BCUT2D eigenvalue weighted by Crippen LogP contribution is 2.47. The molecule has 0 fully saturated rings. The maximum Gasteiger partial charge on any atom is -0.00199 e. The summed E-state index contributed by atoms with van der Waals surface area (Å²) in [6.07, 6.45) is 0.880. The Balaban J connectivity index is 1.18. The molecular formula is C55H36. The van der Waals surface area contributed by atoms with E-state index in [-0.39, 0.29) is 0 Å². The van der Waals surface area contributed by atoms with Crippen LogP contribution >= 0.6 is 0 Å². The van der Waals surface area contributed by atoms with Crippen molar-refractivity contribution in [2.75, 3.05) is 0 Å². The smallest absolute Gasteiger partial charge is 0.00199 e. The fourth-order valence-electron chi connectivity index (χ4n) is 9.14. The molecule has 0 amide bonds. The van der Waals surface area contributed by atoms with Crippen molar-refractivity contribution in [2.45, 2.75) is 6.42 Å². The standard InChI is InChI=1S/C55H36/c1-2-14-36(15-3-1)32-37-26-31-50-52(33-37)54(39-29-27-38(28-30-39)51-34-40-16-4-6-18-42(40)44-20-8-10-22-46(44)51)48-24-12-13-25-49(48)55(50)53-35-41-17-5-7-19-43(41)45-21-9-11-23-47(45)53/h1-31,33-35H,32H2. The summed E-state index contributed by atoms with van der Waals surface area (Å²) in [7, 11) is 0. The van der Waals surface area contributed by atoms with Crippen molar-refractivity contribution in [3.63, 3.8) is 0 Å². The zero-order valence-corrected chi connectivity index (χ0v) is 30.3. The van der Waals surface area contributed by atoms with Gasteiger partial charge < -0.3 is 0 Å². The Morgan fingerprint density at radius 2 is 0.691 bits per heavy atom. The minimum Gasteiger partial charge on any atom is -0.0622 e. The van der Waals surface area contributed by atoms with Gasteiger partial charge in [0.15, 0.2) is 0 Å². The van der Waals surface area contributed by atoms with E-state index in [1.54, 1.807) is 0 Å².